The van der Waals surface area contributed by atoms with Crippen LogP contribution in [0.3, 0.4) is 0 Å². The van der Waals surface area contributed by atoms with E-state index in [1.165, 1.54) is 6.33 Å². The summed E-state index contributed by atoms with van der Waals surface area (Å²) in [5, 5.41) is 3.98. The molecule has 0 atom stereocenters. The van der Waals surface area contributed by atoms with E-state index < -0.39 is 5.54 Å². The largest absolute Gasteiger partial charge is 0.252 e. The van der Waals surface area contributed by atoms with Gasteiger partial charge < -0.3 is 0 Å². The highest BCUT2D eigenvalue weighted by molar-refractivity contribution is 5.41. The molecule has 1 aliphatic carbocycles. The Hall–Kier alpha value is -2.07. The van der Waals surface area contributed by atoms with Crippen LogP contribution in [0.15, 0.2) is 23.7 Å². The quantitative estimate of drug-likeness (QED) is 0.522. The van der Waals surface area contributed by atoms with Gasteiger partial charge >= 0.3 is 0 Å². The van der Waals surface area contributed by atoms with Crippen molar-refractivity contribution in [1.29, 1.82) is 0 Å². The molecule has 1 saturated carbocycles. The van der Waals surface area contributed by atoms with E-state index in [-0.39, 0.29) is 0 Å². The Morgan fingerprint density at radius 1 is 1.47 bits per heavy atom. The molecule has 15 heavy (non-hydrogen) atoms. The molecule has 0 spiro atoms. The maximum absolute atomic E-state index is 10.3. The molecule has 2 aromatic rings. The molecule has 0 unspecified atom stereocenters. The summed E-state index contributed by atoms with van der Waals surface area (Å²) in [6, 6.07) is 0. The van der Waals surface area contributed by atoms with Gasteiger partial charge in [0.2, 0.25) is 6.08 Å². The highest BCUT2D eigenvalue weighted by atomic mass is 16.1. The number of nitrogens with zero attached hydrogens (tertiary/aromatic N) is 5. The van der Waals surface area contributed by atoms with Gasteiger partial charge in [-0.2, -0.15) is 15.1 Å². The molecule has 6 nitrogen and oxygen atoms in total. The summed E-state index contributed by atoms with van der Waals surface area (Å²) < 4.78 is 1.58. The summed E-state index contributed by atoms with van der Waals surface area (Å²) in [6.45, 7) is 0. The van der Waals surface area contributed by atoms with Crippen LogP contribution in [0.5, 0.6) is 0 Å². The number of carbonyl (C=O) groups excluding carboxylic acids is 1. The third-order valence-corrected chi connectivity index (χ3v) is 2.66. The first-order chi connectivity index (χ1) is 7.34. The number of fused-ring (bicyclic) bond motifs is 1. The molecular weight excluding hydrogens is 194 g/mol. The molecule has 0 amide bonds. The van der Waals surface area contributed by atoms with Gasteiger partial charge in [0.15, 0.2) is 0 Å². The van der Waals surface area contributed by atoms with Crippen LogP contribution in [0, 0.1) is 0 Å². The molecule has 74 valence electrons. The minimum Gasteiger partial charge on any atom is -0.219 e. The second-order valence-corrected chi connectivity index (χ2v) is 3.58. The van der Waals surface area contributed by atoms with Crippen molar-refractivity contribution < 1.29 is 4.79 Å². The molecule has 2 heterocycles. The average molecular weight is 201 g/mol. The summed E-state index contributed by atoms with van der Waals surface area (Å²) in [4.78, 5) is 22.2. The fourth-order valence-corrected chi connectivity index (χ4v) is 1.63. The second-order valence-electron chi connectivity index (χ2n) is 3.58. The Bertz CT molecular complexity index is 565. The van der Waals surface area contributed by atoms with Gasteiger partial charge in [0.05, 0.1) is 0 Å². The number of hydrogen-bond acceptors (Lipinski definition) is 5. The van der Waals surface area contributed by atoms with Crippen LogP contribution in [-0.4, -0.2) is 25.7 Å². The third kappa shape index (κ3) is 1.15. The summed E-state index contributed by atoms with van der Waals surface area (Å²) >= 11 is 0. The van der Waals surface area contributed by atoms with E-state index >= 15 is 0 Å². The van der Waals surface area contributed by atoms with Gasteiger partial charge in [-0.15, -0.1) is 0 Å². The van der Waals surface area contributed by atoms with E-state index in [9.17, 15) is 4.79 Å². The number of aromatic nitrogens is 4. The zero-order chi connectivity index (χ0) is 10.3. The van der Waals surface area contributed by atoms with E-state index in [2.05, 4.69) is 20.1 Å². The number of hydrogen-bond donors (Lipinski definition) is 0. The maximum atomic E-state index is 10.3. The van der Waals surface area contributed by atoms with Crippen molar-refractivity contribution >= 4 is 11.9 Å². The topological polar surface area (TPSA) is 72.5 Å². The normalized spacial score (nSPS) is 17.3. The van der Waals surface area contributed by atoms with Crippen LogP contribution in [0.25, 0.3) is 5.78 Å². The number of aliphatic imine (C=N–C) groups is 1. The molecule has 0 saturated heterocycles. The molecule has 0 aromatic carbocycles. The molecule has 0 N–H and O–H groups in total. The van der Waals surface area contributed by atoms with E-state index in [1.54, 1.807) is 16.8 Å². The first-order valence-electron chi connectivity index (χ1n) is 4.59. The van der Waals surface area contributed by atoms with Gasteiger partial charge in [-0.25, -0.2) is 14.3 Å². The smallest absolute Gasteiger partial charge is 0.219 e. The summed E-state index contributed by atoms with van der Waals surface area (Å²) in [6.07, 6.45) is 8.28. The van der Waals surface area contributed by atoms with Crippen LogP contribution in [0.4, 0.5) is 0 Å². The fourth-order valence-electron chi connectivity index (χ4n) is 1.63. The molecule has 1 aliphatic rings. The number of isocyanates is 1. The zero-order valence-electron chi connectivity index (χ0n) is 7.79. The molecule has 0 bridgehead atoms. The van der Waals surface area contributed by atoms with Crippen molar-refractivity contribution in [3.63, 3.8) is 0 Å². The molecule has 0 aliphatic heterocycles. The van der Waals surface area contributed by atoms with Crippen molar-refractivity contribution in [3.05, 3.63) is 24.3 Å². The lowest BCUT2D eigenvalue weighted by atomic mass is 10.1. The summed E-state index contributed by atoms with van der Waals surface area (Å²) in [5.74, 6) is 0.546. The van der Waals surface area contributed by atoms with Gasteiger partial charge in [-0.3, -0.25) is 0 Å². The van der Waals surface area contributed by atoms with E-state index in [0.717, 1.165) is 18.4 Å². The Kier molecular flexibility index (Phi) is 1.49. The molecular formula is C9H7N5O. The van der Waals surface area contributed by atoms with Crippen molar-refractivity contribution in [2.24, 2.45) is 4.99 Å². The van der Waals surface area contributed by atoms with Crippen LogP contribution in [-0.2, 0) is 10.3 Å². The number of rotatable bonds is 2. The minimum atomic E-state index is -0.394. The Labute approximate surface area is 84.7 Å². The van der Waals surface area contributed by atoms with Gasteiger partial charge in [0.1, 0.15) is 11.9 Å². The monoisotopic (exact) mass is 201 g/mol. The fraction of sp³-hybridized carbons (Fsp3) is 0.333. The lowest BCUT2D eigenvalue weighted by Gasteiger charge is -2.06. The first kappa shape index (κ1) is 8.26. The molecule has 2 aromatic heterocycles. The van der Waals surface area contributed by atoms with Gasteiger partial charge in [0, 0.05) is 18.0 Å². The lowest BCUT2D eigenvalue weighted by molar-refractivity contribution is 0.556. The minimum absolute atomic E-state index is 0.394. The van der Waals surface area contributed by atoms with E-state index in [1.807, 2.05) is 6.20 Å². The highest BCUT2D eigenvalue weighted by Gasteiger charge is 2.45. The van der Waals surface area contributed by atoms with Crippen LogP contribution >= 0.6 is 0 Å². The Morgan fingerprint density at radius 2 is 2.33 bits per heavy atom. The Morgan fingerprint density at radius 3 is 3.07 bits per heavy atom. The van der Waals surface area contributed by atoms with Crippen molar-refractivity contribution in [2.45, 2.75) is 18.4 Å². The molecule has 1 fully saturated rings. The molecule has 6 heteroatoms. The SMILES string of the molecule is O=C=NC1(c2cnc3ncnn3c2)CC1. The summed E-state index contributed by atoms with van der Waals surface area (Å²) in [5.41, 5.74) is 0.498. The van der Waals surface area contributed by atoms with Gasteiger partial charge in [-0.05, 0) is 12.8 Å². The predicted molar refractivity (Wildman–Crippen MR) is 49.8 cm³/mol. The molecule has 0 radical (unpaired) electrons. The standard InChI is InChI=1S/C9H7N5O/c15-6-12-9(1-2-9)7-3-10-8-11-5-13-14(8)4-7/h3-5H,1-2H2. The maximum Gasteiger partial charge on any atom is 0.252 e. The Balaban J connectivity index is 2.15. The van der Waals surface area contributed by atoms with Gasteiger partial charge in [-0.1, -0.05) is 0 Å². The zero-order valence-corrected chi connectivity index (χ0v) is 7.79. The third-order valence-electron chi connectivity index (χ3n) is 2.66. The van der Waals surface area contributed by atoms with Crippen molar-refractivity contribution in [2.75, 3.05) is 0 Å². The summed E-state index contributed by atoms with van der Waals surface area (Å²) in [7, 11) is 0. The van der Waals surface area contributed by atoms with Crippen molar-refractivity contribution in [3.8, 4) is 0 Å². The van der Waals surface area contributed by atoms with Crippen LogP contribution in [0.2, 0.25) is 0 Å². The predicted octanol–water partition coefficient (Wildman–Crippen LogP) is 0.449. The van der Waals surface area contributed by atoms with E-state index in [4.69, 9.17) is 0 Å². The lowest BCUT2D eigenvalue weighted by Crippen LogP contribution is -2.05. The second kappa shape index (κ2) is 2.71. The van der Waals surface area contributed by atoms with E-state index in [0.29, 0.717) is 5.78 Å². The van der Waals surface area contributed by atoms with Gasteiger partial charge in [0.25, 0.3) is 5.78 Å². The highest BCUT2D eigenvalue weighted by Crippen LogP contribution is 2.48. The van der Waals surface area contributed by atoms with Crippen LogP contribution < -0.4 is 0 Å². The van der Waals surface area contributed by atoms with Crippen molar-refractivity contribution in [1.82, 2.24) is 19.6 Å². The average Bonchev–Trinajstić information content (AvgIpc) is 2.89. The van der Waals surface area contributed by atoms with Crippen LogP contribution in [0.1, 0.15) is 18.4 Å². The first-order valence-corrected chi connectivity index (χ1v) is 4.59. The molecule has 3 rings (SSSR count).